The van der Waals surface area contributed by atoms with Gasteiger partial charge in [-0.2, -0.15) is 0 Å². The van der Waals surface area contributed by atoms with Crippen molar-refractivity contribution >= 4 is 5.97 Å². The highest BCUT2D eigenvalue weighted by atomic mass is 16.5. The van der Waals surface area contributed by atoms with Gasteiger partial charge in [0.25, 0.3) is 0 Å². The Morgan fingerprint density at radius 3 is 3.07 bits per heavy atom. The summed E-state index contributed by atoms with van der Waals surface area (Å²) in [5.41, 5.74) is 0. The molecule has 0 fully saturated rings. The summed E-state index contributed by atoms with van der Waals surface area (Å²) in [4.78, 5) is 15.4. The minimum absolute atomic E-state index is 0.217. The third kappa shape index (κ3) is 3.58. The van der Waals surface area contributed by atoms with Crippen LogP contribution in [0.1, 0.15) is 19.2 Å². The van der Waals surface area contributed by atoms with Gasteiger partial charge in [-0.05, 0) is 6.92 Å². The van der Waals surface area contributed by atoms with Crippen LogP contribution in [-0.4, -0.2) is 21.6 Å². The molecule has 1 aromatic rings. The van der Waals surface area contributed by atoms with E-state index in [4.69, 9.17) is 4.74 Å². The zero-order chi connectivity index (χ0) is 11.3. The number of ether oxygens (including phenoxy) is 1. The third-order valence-corrected chi connectivity index (χ3v) is 2.12. The van der Waals surface area contributed by atoms with Crippen molar-refractivity contribution in [3.63, 3.8) is 0 Å². The van der Waals surface area contributed by atoms with Gasteiger partial charge in [-0.25, -0.2) is 4.98 Å². The van der Waals surface area contributed by atoms with Gasteiger partial charge in [0.1, 0.15) is 11.9 Å². The molecule has 1 rings (SSSR count). The molecule has 0 aliphatic carbocycles. The summed E-state index contributed by atoms with van der Waals surface area (Å²) in [6, 6.07) is 0. The van der Waals surface area contributed by atoms with E-state index in [0.717, 1.165) is 5.82 Å². The van der Waals surface area contributed by atoms with Crippen molar-refractivity contribution in [3.05, 3.63) is 30.9 Å². The van der Waals surface area contributed by atoms with Crippen molar-refractivity contribution in [1.29, 1.82) is 0 Å². The molecule has 1 heterocycles. The predicted molar refractivity (Wildman–Crippen MR) is 57.3 cm³/mol. The molecule has 0 saturated heterocycles. The van der Waals surface area contributed by atoms with Gasteiger partial charge < -0.3 is 9.30 Å². The molecule has 1 unspecified atom stereocenters. The first-order chi connectivity index (χ1) is 7.13. The number of carbonyl (C=O) groups is 1. The maximum Gasteiger partial charge on any atom is 0.306 e. The fraction of sp³-hybridized carbons (Fsp3) is 0.455. The van der Waals surface area contributed by atoms with Crippen LogP contribution in [0.15, 0.2) is 25.0 Å². The Morgan fingerprint density at radius 2 is 2.53 bits per heavy atom. The van der Waals surface area contributed by atoms with Crippen LogP contribution in [0, 0.1) is 0 Å². The largest absolute Gasteiger partial charge is 0.458 e. The van der Waals surface area contributed by atoms with E-state index < -0.39 is 0 Å². The van der Waals surface area contributed by atoms with Gasteiger partial charge >= 0.3 is 5.97 Å². The molecule has 0 amide bonds. The summed E-state index contributed by atoms with van der Waals surface area (Å²) in [5, 5.41) is 0. The van der Waals surface area contributed by atoms with Gasteiger partial charge in [-0.15, -0.1) is 0 Å². The number of nitrogens with zero attached hydrogens (tertiary/aromatic N) is 2. The highest BCUT2D eigenvalue weighted by molar-refractivity contribution is 5.69. The van der Waals surface area contributed by atoms with Crippen LogP contribution in [-0.2, 0) is 23.0 Å². The average molecular weight is 208 g/mol. The molecule has 0 radical (unpaired) electrons. The molecule has 0 aromatic carbocycles. The molecule has 4 nitrogen and oxygen atoms in total. The molecule has 0 bridgehead atoms. The van der Waals surface area contributed by atoms with E-state index in [1.165, 1.54) is 0 Å². The monoisotopic (exact) mass is 208 g/mol. The van der Waals surface area contributed by atoms with E-state index in [9.17, 15) is 4.79 Å². The van der Waals surface area contributed by atoms with Crippen molar-refractivity contribution in [2.45, 2.75) is 25.9 Å². The first-order valence-electron chi connectivity index (χ1n) is 4.91. The van der Waals surface area contributed by atoms with Gasteiger partial charge in [-0.1, -0.05) is 12.7 Å². The second-order valence-corrected chi connectivity index (χ2v) is 3.39. The highest BCUT2D eigenvalue weighted by Gasteiger charge is 2.08. The van der Waals surface area contributed by atoms with E-state index in [1.54, 1.807) is 19.2 Å². The second kappa shape index (κ2) is 5.34. The zero-order valence-corrected chi connectivity index (χ0v) is 9.14. The minimum atomic E-state index is -0.223. The van der Waals surface area contributed by atoms with Crippen LogP contribution >= 0.6 is 0 Å². The number of hydrogen-bond donors (Lipinski definition) is 0. The van der Waals surface area contributed by atoms with Crippen LogP contribution in [0.5, 0.6) is 0 Å². The molecule has 1 aromatic heterocycles. The minimum Gasteiger partial charge on any atom is -0.458 e. The lowest BCUT2D eigenvalue weighted by molar-refractivity contribution is -0.146. The summed E-state index contributed by atoms with van der Waals surface area (Å²) in [6.07, 6.45) is 5.90. The molecule has 0 aliphatic rings. The Kier molecular flexibility index (Phi) is 4.09. The smallest absolute Gasteiger partial charge is 0.306 e. The molecule has 0 saturated carbocycles. The van der Waals surface area contributed by atoms with Crippen LogP contribution in [0.25, 0.3) is 0 Å². The summed E-state index contributed by atoms with van der Waals surface area (Å²) in [6.45, 7) is 5.33. The molecule has 1 atom stereocenters. The zero-order valence-electron chi connectivity index (χ0n) is 9.14. The SMILES string of the molecule is C=CC(C)OC(=O)CCc1nccn1C. The van der Waals surface area contributed by atoms with Gasteiger partial charge in [0.05, 0.1) is 6.42 Å². The fourth-order valence-electron chi connectivity index (χ4n) is 1.17. The van der Waals surface area contributed by atoms with E-state index in [1.807, 2.05) is 17.8 Å². The highest BCUT2D eigenvalue weighted by Crippen LogP contribution is 2.02. The maximum atomic E-state index is 11.3. The Balaban J connectivity index is 2.34. The molecule has 4 heteroatoms. The number of imidazole rings is 1. The topological polar surface area (TPSA) is 44.1 Å². The number of rotatable bonds is 5. The molecule has 0 spiro atoms. The van der Waals surface area contributed by atoms with E-state index >= 15 is 0 Å². The van der Waals surface area contributed by atoms with Crippen LogP contribution in [0.2, 0.25) is 0 Å². The summed E-state index contributed by atoms with van der Waals surface area (Å²) < 4.78 is 6.94. The lowest BCUT2D eigenvalue weighted by atomic mass is 10.3. The van der Waals surface area contributed by atoms with Gasteiger partial charge in [0, 0.05) is 25.9 Å². The average Bonchev–Trinajstić information content (AvgIpc) is 2.61. The van der Waals surface area contributed by atoms with E-state index in [0.29, 0.717) is 12.8 Å². The lowest BCUT2D eigenvalue weighted by Gasteiger charge is -2.08. The van der Waals surface area contributed by atoms with Crippen molar-refractivity contribution < 1.29 is 9.53 Å². The molecular weight excluding hydrogens is 192 g/mol. The summed E-state index contributed by atoms with van der Waals surface area (Å²) >= 11 is 0. The van der Waals surface area contributed by atoms with Crippen molar-refractivity contribution in [3.8, 4) is 0 Å². The first kappa shape index (κ1) is 11.5. The van der Waals surface area contributed by atoms with Crippen molar-refractivity contribution in [2.75, 3.05) is 0 Å². The van der Waals surface area contributed by atoms with E-state index in [-0.39, 0.29) is 12.1 Å². The quantitative estimate of drug-likeness (QED) is 0.543. The third-order valence-electron chi connectivity index (χ3n) is 2.12. The predicted octanol–water partition coefficient (Wildman–Crippen LogP) is 1.47. The number of esters is 1. The number of aromatic nitrogens is 2. The normalized spacial score (nSPS) is 12.1. The standard InChI is InChI=1S/C11H16N2O2/c1-4-9(2)15-11(14)6-5-10-12-7-8-13(10)3/h4,7-9H,1,5-6H2,2-3H3. The Hall–Kier alpha value is -1.58. The lowest BCUT2D eigenvalue weighted by Crippen LogP contribution is -2.13. The van der Waals surface area contributed by atoms with Crippen molar-refractivity contribution in [1.82, 2.24) is 9.55 Å². The van der Waals surface area contributed by atoms with Crippen LogP contribution in [0.4, 0.5) is 0 Å². The molecule has 15 heavy (non-hydrogen) atoms. The fourth-order valence-corrected chi connectivity index (χ4v) is 1.17. The Labute approximate surface area is 89.6 Å². The number of hydrogen-bond acceptors (Lipinski definition) is 3. The van der Waals surface area contributed by atoms with Gasteiger partial charge in [0.2, 0.25) is 0 Å². The molecule has 0 N–H and O–H groups in total. The summed E-state index contributed by atoms with van der Waals surface area (Å²) in [7, 11) is 1.90. The summed E-state index contributed by atoms with van der Waals surface area (Å²) in [5.74, 6) is 0.670. The Morgan fingerprint density at radius 1 is 1.80 bits per heavy atom. The van der Waals surface area contributed by atoms with Crippen molar-refractivity contribution in [2.24, 2.45) is 7.05 Å². The number of aryl methyl sites for hydroxylation is 2. The molecule has 82 valence electrons. The number of carbonyl (C=O) groups excluding carboxylic acids is 1. The van der Waals surface area contributed by atoms with E-state index in [2.05, 4.69) is 11.6 Å². The van der Waals surface area contributed by atoms with Gasteiger partial charge in [0.15, 0.2) is 0 Å². The van der Waals surface area contributed by atoms with Crippen LogP contribution in [0.3, 0.4) is 0 Å². The molecular formula is C11H16N2O2. The van der Waals surface area contributed by atoms with Gasteiger partial charge in [-0.3, -0.25) is 4.79 Å². The molecule has 0 aliphatic heterocycles. The maximum absolute atomic E-state index is 11.3. The Bertz CT molecular complexity index is 344. The van der Waals surface area contributed by atoms with Crippen LogP contribution < -0.4 is 0 Å². The second-order valence-electron chi connectivity index (χ2n) is 3.39. The first-order valence-corrected chi connectivity index (χ1v) is 4.91.